The first-order valence-corrected chi connectivity index (χ1v) is 7.98. The van der Waals surface area contributed by atoms with Crippen LogP contribution in [0.4, 0.5) is 4.39 Å². The molecular weight excluding hydrogens is 331 g/mol. The Kier molecular flexibility index (Phi) is 5.34. The second-order valence-electron chi connectivity index (χ2n) is 5.50. The van der Waals surface area contributed by atoms with E-state index < -0.39 is 11.8 Å². The van der Waals surface area contributed by atoms with E-state index in [0.717, 1.165) is 5.56 Å². The van der Waals surface area contributed by atoms with Gasteiger partial charge in [-0.2, -0.15) is 0 Å². The van der Waals surface area contributed by atoms with Crippen LogP contribution in [-0.2, 0) is 0 Å². The van der Waals surface area contributed by atoms with Gasteiger partial charge in [0.25, 0.3) is 0 Å². The zero-order valence-corrected chi connectivity index (χ0v) is 13.8. The van der Waals surface area contributed by atoms with Crippen LogP contribution in [0.15, 0.2) is 84.9 Å². The lowest BCUT2D eigenvalue weighted by atomic mass is 10.1. The molecule has 0 saturated heterocycles. The van der Waals surface area contributed by atoms with Crippen molar-refractivity contribution in [1.29, 1.82) is 0 Å². The van der Waals surface area contributed by atoms with Gasteiger partial charge in [-0.05, 0) is 48.0 Å². The first-order valence-electron chi connectivity index (χ1n) is 7.98. The molecule has 0 unspecified atom stereocenters. The molecule has 0 radical (unpaired) electrons. The van der Waals surface area contributed by atoms with Gasteiger partial charge in [0, 0.05) is 5.56 Å². The van der Waals surface area contributed by atoms with Gasteiger partial charge in [0.2, 0.25) is 0 Å². The van der Waals surface area contributed by atoms with Crippen molar-refractivity contribution in [2.75, 3.05) is 0 Å². The molecule has 0 aromatic heterocycles. The molecule has 0 saturated carbocycles. The van der Waals surface area contributed by atoms with Crippen molar-refractivity contribution in [3.05, 3.63) is 107 Å². The van der Waals surface area contributed by atoms with Gasteiger partial charge in [0.1, 0.15) is 11.6 Å². The number of ketones is 1. The fourth-order valence-corrected chi connectivity index (χ4v) is 2.31. The molecule has 26 heavy (non-hydrogen) atoms. The number of carbonyl (C=O) groups excluding carboxylic acids is 2. The van der Waals surface area contributed by atoms with E-state index >= 15 is 0 Å². The van der Waals surface area contributed by atoms with Gasteiger partial charge < -0.3 is 4.74 Å². The first kappa shape index (κ1) is 17.3. The maximum absolute atomic E-state index is 13.6. The largest absolute Gasteiger partial charge is 0.423 e. The van der Waals surface area contributed by atoms with E-state index in [9.17, 15) is 14.0 Å². The maximum atomic E-state index is 13.6. The first-order chi connectivity index (χ1) is 12.6. The molecule has 3 nitrogen and oxygen atoms in total. The summed E-state index contributed by atoms with van der Waals surface area (Å²) in [5, 5.41) is 0. The average molecular weight is 346 g/mol. The summed E-state index contributed by atoms with van der Waals surface area (Å²) >= 11 is 0. The van der Waals surface area contributed by atoms with Crippen LogP contribution in [0, 0.1) is 5.82 Å². The van der Waals surface area contributed by atoms with E-state index in [1.807, 2.05) is 30.3 Å². The van der Waals surface area contributed by atoms with Crippen LogP contribution in [0.2, 0.25) is 0 Å². The number of halogens is 1. The predicted octanol–water partition coefficient (Wildman–Crippen LogP) is 4.94. The SMILES string of the molecule is O=C(C=Cc1ccccc1)c1ccc(OC(=O)c2ccccc2F)cc1. The fourth-order valence-electron chi connectivity index (χ4n) is 2.31. The van der Waals surface area contributed by atoms with Crippen molar-refractivity contribution in [2.45, 2.75) is 0 Å². The molecule has 0 aliphatic carbocycles. The Balaban J connectivity index is 1.67. The Bertz CT molecular complexity index is 945. The summed E-state index contributed by atoms with van der Waals surface area (Å²) < 4.78 is 18.7. The highest BCUT2D eigenvalue weighted by molar-refractivity contribution is 6.06. The number of carbonyl (C=O) groups is 2. The smallest absolute Gasteiger partial charge is 0.346 e. The van der Waals surface area contributed by atoms with Crippen LogP contribution in [0.1, 0.15) is 26.3 Å². The lowest BCUT2D eigenvalue weighted by Crippen LogP contribution is -2.10. The number of hydrogen-bond acceptors (Lipinski definition) is 3. The summed E-state index contributed by atoms with van der Waals surface area (Å²) in [7, 11) is 0. The number of allylic oxidation sites excluding steroid dienone is 1. The van der Waals surface area contributed by atoms with Gasteiger partial charge in [-0.1, -0.05) is 48.5 Å². The van der Waals surface area contributed by atoms with Crippen molar-refractivity contribution in [2.24, 2.45) is 0 Å². The molecule has 3 aromatic rings. The molecular formula is C22H15FO3. The summed E-state index contributed by atoms with van der Waals surface area (Å²) in [4.78, 5) is 24.1. The number of benzene rings is 3. The molecule has 0 fully saturated rings. The van der Waals surface area contributed by atoms with Crippen LogP contribution in [0.5, 0.6) is 5.75 Å². The molecule has 0 amide bonds. The van der Waals surface area contributed by atoms with E-state index in [0.29, 0.717) is 5.56 Å². The van der Waals surface area contributed by atoms with Crippen molar-refractivity contribution in [3.63, 3.8) is 0 Å². The van der Waals surface area contributed by atoms with Crippen molar-refractivity contribution in [3.8, 4) is 5.75 Å². The van der Waals surface area contributed by atoms with E-state index in [2.05, 4.69) is 0 Å². The Morgan fingerprint density at radius 2 is 1.46 bits per heavy atom. The monoisotopic (exact) mass is 346 g/mol. The van der Waals surface area contributed by atoms with E-state index in [1.165, 1.54) is 36.4 Å². The van der Waals surface area contributed by atoms with Gasteiger partial charge in [0.05, 0.1) is 5.56 Å². The topological polar surface area (TPSA) is 43.4 Å². The quantitative estimate of drug-likeness (QED) is 0.284. The zero-order valence-electron chi connectivity index (χ0n) is 13.8. The third-order valence-corrected chi connectivity index (χ3v) is 3.67. The minimum atomic E-state index is -0.786. The van der Waals surface area contributed by atoms with Crippen LogP contribution in [0.25, 0.3) is 6.08 Å². The highest BCUT2D eigenvalue weighted by Gasteiger charge is 2.13. The Hall–Kier alpha value is -3.53. The average Bonchev–Trinajstić information content (AvgIpc) is 2.68. The summed E-state index contributed by atoms with van der Waals surface area (Å²) in [5.41, 5.74) is 1.25. The van der Waals surface area contributed by atoms with Gasteiger partial charge >= 0.3 is 5.97 Å². The number of ether oxygens (including phenoxy) is 1. The van der Waals surface area contributed by atoms with Crippen molar-refractivity contribution in [1.82, 2.24) is 0 Å². The molecule has 0 aliphatic rings. The lowest BCUT2D eigenvalue weighted by Gasteiger charge is -2.05. The third kappa shape index (κ3) is 4.30. The minimum Gasteiger partial charge on any atom is -0.423 e. The fraction of sp³-hybridized carbons (Fsp3) is 0. The Morgan fingerprint density at radius 3 is 2.15 bits per heavy atom. The number of rotatable bonds is 5. The molecule has 0 atom stereocenters. The molecule has 0 aliphatic heterocycles. The second-order valence-corrected chi connectivity index (χ2v) is 5.50. The van der Waals surface area contributed by atoms with E-state index in [1.54, 1.807) is 24.3 Å². The highest BCUT2D eigenvalue weighted by atomic mass is 19.1. The molecule has 4 heteroatoms. The van der Waals surface area contributed by atoms with E-state index in [-0.39, 0.29) is 17.1 Å². The molecule has 0 bridgehead atoms. The molecule has 128 valence electrons. The predicted molar refractivity (Wildman–Crippen MR) is 97.6 cm³/mol. The van der Waals surface area contributed by atoms with E-state index in [4.69, 9.17) is 4.74 Å². The maximum Gasteiger partial charge on any atom is 0.346 e. The highest BCUT2D eigenvalue weighted by Crippen LogP contribution is 2.16. The summed E-state index contributed by atoms with van der Waals surface area (Å²) in [6.45, 7) is 0. The van der Waals surface area contributed by atoms with Gasteiger partial charge in [-0.3, -0.25) is 4.79 Å². The van der Waals surface area contributed by atoms with Crippen molar-refractivity contribution < 1.29 is 18.7 Å². The molecule has 0 N–H and O–H groups in total. The van der Waals surface area contributed by atoms with Gasteiger partial charge in [-0.15, -0.1) is 0 Å². The number of hydrogen-bond donors (Lipinski definition) is 0. The standard InChI is InChI=1S/C22H15FO3/c23-20-9-5-4-8-19(20)22(25)26-18-13-11-17(12-14-18)21(24)15-10-16-6-2-1-3-7-16/h1-15H. The summed E-state index contributed by atoms with van der Waals surface area (Å²) in [6.07, 6.45) is 3.21. The molecule has 0 spiro atoms. The zero-order chi connectivity index (χ0) is 18.4. The second kappa shape index (κ2) is 8.03. The molecule has 0 heterocycles. The van der Waals surface area contributed by atoms with Crippen molar-refractivity contribution >= 4 is 17.8 Å². The summed E-state index contributed by atoms with van der Waals surface area (Å²) in [6, 6.07) is 21.2. The van der Waals surface area contributed by atoms with Crippen LogP contribution < -0.4 is 4.74 Å². The van der Waals surface area contributed by atoms with Gasteiger partial charge in [0.15, 0.2) is 5.78 Å². The Labute approximate surface area is 150 Å². The van der Waals surface area contributed by atoms with Crippen LogP contribution >= 0.6 is 0 Å². The third-order valence-electron chi connectivity index (χ3n) is 3.67. The normalized spacial score (nSPS) is 10.7. The molecule has 3 rings (SSSR count). The number of esters is 1. The minimum absolute atomic E-state index is 0.140. The lowest BCUT2D eigenvalue weighted by molar-refractivity contribution is 0.0730. The van der Waals surface area contributed by atoms with Crippen LogP contribution in [-0.4, -0.2) is 11.8 Å². The molecule has 3 aromatic carbocycles. The van der Waals surface area contributed by atoms with Gasteiger partial charge in [-0.25, -0.2) is 9.18 Å². The Morgan fingerprint density at radius 1 is 0.808 bits per heavy atom. The summed E-state index contributed by atoms with van der Waals surface area (Å²) in [5.74, 6) is -1.36. The van der Waals surface area contributed by atoms with Crippen LogP contribution in [0.3, 0.4) is 0 Å².